The fraction of sp³-hybridized carbons (Fsp3) is 0.467. The van der Waals surface area contributed by atoms with Gasteiger partial charge in [-0.1, -0.05) is 19.3 Å². The van der Waals surface area contributed by atoms with Crippen LogP contribution in [-0.2, 0) is 9.59 Å². The van der Waals surface area contributed by atoms with E-state index in [2.05, 4.69) is 10.6 Å². The van der Waals surface area contributed by atoms with E-state index in [1.54, 1.807) is 18.2 Å². The van der Waals surface area contributed by atoms with E-state index in [4.69, 9.17) is 4.42 Å². The maximum Gasteiger partial charge on any atom is 0.244 e. The van der Waals surface area contributed by atoms with Gasteiger partial charge < -0.3 is 15.1 Å². The highest BCUT2D eigenvalue weighted by molar-refractivity contribution is 5.94. The predicted octanol–water partition coefficient (Wildman–Crippen LogP) is 1.86. The zero-order chi connectivity index (χ0) is 14.2. The van der Waals surface area contributed by atoms with Gasteiger partial charge in [0, 0.05) is 12.1 Å². The first-order valence-electron chi connectivity index (χ1n) is 7.03. The summed E-state index contributed by atoms with van der Waals surface area (Å²) in [5.74, 6) is 0.170. The topological polar surface area (TPSA) is 71.3 Å². The Kier molecular flexibility index (Phi) is 5.41. The Bertz CT molecular complexity index is 459. The molecule has 2 amide bonds. The number of carbonyl (C=O) groups is 2. The van der Waals surface area contributed by atoms with Crippen LogP contribution >= 0.6 is 0 Å². The molecule has 0 spiro atoms. The minimum absolute atomic E-state index is 0.0117. The number of furan rings is 1. The number of rotatable bonds is 5. The molecular weight excluding hydrogens is 256 g/mol. The van der Waals surface area contributed by atoms with Crippen molar-refractivity contribution in [3.05, 3.63) is 30.2 Å². The van der Waals surface area contributed by atoms with Gasteiger partial charge in [-0.2, -0.15) is 0 Å². The average Bonchev–Trinajstić information content (AvgIpc) is 2.97. The minimum atomic E-state index is -0.305. The Balaban J connectivity index is 1.66. The number of hydrogen-bond acceptors (Lipinski definition) is 3. The molecule has 1 aromatic rings. The molecule has 0 unspecified atom stereocenters. The average molecular weight is 276 g/mol. The van der Waals surface area contributed by atoms with Crippen LogP contribution < -0.4 is 10.6 Å². The predicted molar refractivity (Wildman–Crippen MR) is 75.8 cm³/mol. The highest BCUT2D eigenvalue weighted by atomic mass is 16.3. The van der Waals surface area contributed by atoms with E-state index in [-0.39, 0.29) is 24.4 Å². The van der Waals surface area contributed by atoms with Crippen LogP contribution in [0.15, 0.2) is 28.9 Å². The van der Waals surface area contributed by atoms with E-state index in [0.717, 1.165) is 12.8 Å². The van der Waals surface area contributed by atoms with Gasteiger partial charge in [-0.3, -0.25) is 9.59 Å². The Morgan fingerprint density at radius 1 is 1.30 bits per heavy atom. The molecule has 2 N–H and O–H groups in total. The summed E-state index contributed by atoms with van der Waals surface area (Å²) in [6.45, 7) is 0.0117. The third-order valence-corrected chi connectivity index (χ3v) is 3.34. The SMILES string of the molecule is O=C(/C=C/c1ccco1)NCC(=O)NC1CCCCC1. The van der Waals surface area contributed by atoms with Crippen molar-refractivity contribution in [1.29, 1.82) is 0 Å². The molecule has 20 heavy (non-hydrogen) atoms. The molecule has 2 rings (SSSR count). The van der Waals surface area contributed by atoms with Crippen molar-refractivity contribution in [3.8, 4) is 0 Å². The molecule has 0 saturated heterocycles. The summed E-state index contributed by atoms with van der Waals surface area (Å²) in [6, 6.07) is 3.76. The molecule has 0 bridgehead atoms. The van der Waals surface area contributed by atoms with E-state index < -0.39 is 0 Å². The van der Waals surface area contributed by atoms with E-state index in [0.29, 0.717) is 5.76 Å². The summed E-state index contributed by atoms with van der Waals surface area (Å²) in [4.78, 5) is 23.2. The Hall–Kier alpha value is -2.04. The van der Waals surface area contributed by atoms with Crippen molar-refractivity contribution in [2.75, 3.05) is 6.54 Å². The molecule has 108 valence electrons. The zero-order valence-corrected chi connectivity index (χ0v) is 11.4. The third kappa shape index (κ3) is 4.91. The second-order valence-corrected chi connectivity index (χ2v) is 4.97. The normalized spacial score (nSPS) is 16.2. The van der Waals surface area contributed by atoms with Gasteiger partial charge in [0.15, 0.2) is 0 Å². The van der Waals surface area contributed by atoms with Gasteiger partial charge in [0.25, 0.3) is 0 Å². The van der Waals surface area contributed by atoms with E-state index in [1.165, 1.54) is 31.6 Å². The maximum absolute atomic E-state index is 11.7. The molecule has 1 fully saturated rings. The van der Waals surface area contributed by atoms with Crippen molar-refractivity contribution >= 4 is 17.9 Å². The lowest BCUT2D eigenvalue weighted by molar-refractivity contribution is -0.124. The lowest BCUT2D eigenvalue weighted by Gasteiger charge is -2.22. The van der Waals surface area contributed by atoms with Crippen LogP contribution in [-0.4, -0.2) is 24.4 Å². The van der Waals surface area contributed by atoms with Crippen LogP contribution in [0.1, 0.15) is 37.9 Å². The standard InChI is InChI=1S/C15H20N2O3/c18-14(9-8-13-7-4-10-20-13)16-11-15(19)17-12-5-2-1-3-6-12/h4,7-10,12H,1-3,5-6,11H2,(H,16,18)(H,17,19)/b9-8+. The zero-order valence-electron chi connectivity index (χ0n) is 11.4. The van der Waals surface area contributed by atoms with Gasteiger partial charge in [-0.15, -0.1) is 0 Å². The first-order valence-corrected chi connectivity index (χ1v) is 7.03. The van der Waals surface area contributed by atoms with Crippen LogP contribution in [0.4, 0.5) is 0 Å². The molecule has 1 aliphatic rings. The molecule has 1 aliphatic carbocycles. The second kappa shape index (κ2) is 7.53. The Labute approximate surface area is 118 Å². The summed E-state index contributed by atoms with van der Waals surface area (Å²) in [5, 5.41) is 5.50. The van der Waals surface area contributed by atoms with Gasteiger partial charge in [0.2, 0.25) is 11.8 Å². The van der Waals surface area contributed by atoms with Crippen LogP contribution in [0.5, 0.6) is 0 Å². The molecular formula is C15H20N2O3. The lowest BCUT2D eigenvalue weighted by Crippen LogP contribution is -2.42. The number of hydrogen-bond donors (Lipinski definition) is 2. The van der Waals surface area contributed by atoms with Crippen molar-refractivity contribution < 1.29 is 14.0 Å². The van der Waals surface area contributed by atoms with Crippen LogP contribution in [0.25, 0.3) is 6.08 Å². The number of nitrogens with one attached hydrogen (secondary N) is 2. The lowest BCUT2D eigenvalue weighted by atomic mass is 9.95. The highest BCUT2D eigenvalue weighted by Gasteiger charge is 2.15. The third-order valence-electron chi connectivity index (χ3n) is 3.34. The van der Waals surface area contributed by atoms with Gasteiger partial charge >= 0.3 is 0 Å². The van der Waals surface area contributed by atoms with Crippen molar-refractivity contribution in [3.63, 3.8) is 0 Å². The molecule has 0 aliphatic heterocycles. The van der Waals surface area contributed by atoms with Gasteiger partial charge in [-0.25, -0.2) is 0 Å². The quantitative estimate of drug-likeness (QED) is 0.806. The van der Waals surface area contributed by atoms with Crippen molar-refractivity contribution in [2.24, 2.45) is 0 Å². The fourth-order valence-corrected chi connectivity index (χ4v) is 2.30. The van der Waals surface area contributed by atoms with Crippen molar-refractivity contribution in [1.82, 2.24) is 10.6 Å². The molecule has 5 heteroatoms. The van der Waals surface area contributed by atoms with E-state index in [9.17, 15) is 9.59 Å². The smallest absolute Gasteiger partial charge is 0.244 e. The Morgan fingerprint density at radius 2 is 2.10 bits per heavy atom. The highest BCUT2D eigenvalue weighted by Crippen LogP contribution is 2.17. The number of amides is 2. The molecule has 0 radical (unpaired) electrons. The van der Waals surface area contributed by atoms with Gasteiger partial charge in [-0.05, 0) is 31.1 Å². The molecule has 1 aromatic heterocycles. The summed E-state index contributed by atoms with van der Waals surface area (Å²) in [5.41, 5.74) is 0. The second-order valence-electron chi connectivity index (χ2n) is 4.97. The molecule has 0 aromatic carbocycles. The van der Waals surface area contributed by atoms with Crippen molar-refractivity contribution in [2.45, 2.75) is 38.1 Å². The van der Waals surface area contributed by atoms with E-state index >= 15 is 0 Å². The monoisotopic (exact) mass is 276 g/mol. The largest absolute Gasteiger partial charge is 0.465 e. The summed E-state index contributed by atoms with van der Waals surface area (Å²) in [7, 11) is 0. The van der Waals surface area contributed by atoms with Gasteiger partial charge in [0.1, 0.15) is 5.76 Å². The molecule has 0 atom stereocenters. The summed E-state index contributed by atoms with van der Waals surface area (Å²) < 4.78 is 5.06. The summed E-state index contributed by atoms with van der Waals surface area (Å²) in [6.07, 6.45) is 10.1. The molecule has 5 nitrogen and oxygen atoms in total. The summed E-state index contributed by atoms with van der Waals surface area (Å²) >= 11 is 0. The number of carbonyl (C=O) groups excluding carboxylic acids is 2. The van der Waals surface area contributed by atoms with Crippen LogP contribution in [0, 0.1) is 0 Å². The van der Waals surface area contributed by atoms with Crippen LogP contribution in [0.3, 0.4) is 0 Å². The Morgan fingerprint density at radius 3 is 2.80 bits per heavy atom. The molecule has 1 saturated carbocycles. The molecule has 1 heterocycles. The maximum atomic E-state index is 11.7. The first kappa shape index (κ1) is 14.4. The minimum Gasteiger partial charge on any atom is -0.465 e. The van der Waals surface area contributed by atoms with Crippen LogP contribution in [0.2, 0.25) is 0 Å². The first-order chi connectivity index (χ1) is 9.74. The van der Waals surface area contributed by atoms with E-state index in [1.807, 2.05) is 0 Å². The fourth-order valence-electron chi connectivity index (χ4n) is 2.30. The van der Waals surface area contributed by atoms with Gasteiger partial charge in [0.05, 0.1) is 12.8 Å².